The van der Waals surface area contributed by atoms with E-state index in [1.807, 2.05) is 50.1 Å². The molecule has 0 bridgehead atoms. The number of pyridine rings is 1. The normalized spacial score (nSPS) is 16.4. The summed E-state index contributed by atoms with van der Waals surface area (Å²) < 4.78 is 1.73. The highest BCUT2D eigenvalue weighted by Gasteiger charge is 2.30. The van der Waals surface area contributed by atoms with E-state index in [4.69, 9.17) is 0 Å². The lowest BCUT2D eigenvalue weighted by molar-refractivity contribution is -0.126. The maximum absolute atomic E-state index is 12.9. The van der Waals surface area contributed by atoms with Gasteiger partial charge in [-0.2, -0.15) is 5.10 Å². The molecule has 154 valence electrons. The number of likely N-dealkylation sites (tertiary alicyclic amines) is 1. The minimum atomic E-state index is -0.0687. The highest BCUT2D eigenvalue weighted by Crippen LogP contribution is 2.32. The summed E-state index contributed by atoms with van der Waals surface area (Å²) in [5, 5.41) is 7.41. The van der Waals surface area contributed by atoms with E-state index in [1.165, 1.54) is 0 Å². The summed E-state index contributed by atoms with van der Waals surface area (Å²) in [7, 11) is 1.85. The van der Waals surface area contributed by atoms with Gasteiger partial charge in [-0.3, -0.25) is 9.48 Å². The summed E-state index contributed by atoms with van der Waals surface area (Å²) in [6, 6.07) is 7.62. The van der Waals surface area contributed by atoms with Gasteiger partial charge < -0.3 is 10.2 Å². The van der Waals surface area contributed by atoms with Crippen molar-refractivity contribution in [1.82, 2.24) is 29.6 Å². The van der Waals surface area contributed by atoms with Crippen molar-refractivity contribution in [1.29, 1.82) is 0 Å². The Morgan fingerprint density at radius 3 is 2.87 bits per heavy atom. The third-order valence-corrected chi connectivity index (χ3v) is 5.25. The van der Waals surface area contributed by atoms with Crippen molar-refractivity contribution in [3.05, 3.63) is 65.5 Å². The first-order valence-electron chi connectivity index (χ1n) is 10.0. The van der Waals surface area contributed by atoms with E-state index >= 15 is 0 Å². The van der Waals surface area contributed by atoms with E-state index in [1.54, 1.807) is 29.2 Å². The van der Waals surface area contributed by atoms with Crippen molar-refractivity contribution in [2.45, 2.75) is 32.7 Å². The largest absolute Gasteiger partial charge is 0.331 e. The van der Waals surface area contributed by atoms with E-state index in [-0.39, 0.29) is 11.9 Å². The predicted molar refractivity (Wildman–Crippen MR) is 115 cm³/mol. The van der Waals surface area contributed by atoms with Crippen molar-refractivity contribution in [3.63, 3.8) is 0 Å². The smallest absolute Gasteiger partial charge is 0.247 e. The summed E-state index contributed by atoms with van der Waals surface area (Å²) in [6.07, 6.45) is 8.69. The number of amides is 1. The average molecular weight is 403 g/mol. The number of nitrogens with one attached hydrogen (secondary N) is 1. The van der Waals surface area contributed by atoms with Crippen LogP contribution in [0.5, 0.6) is 0 Å². The number of hydrogen-bond donors (Lipinski definition) is 1. The molecule has 3 aromatic rings. The highest BCUT2D eigenvalue weighted by atomic mass is 16.2. The number of rotatable bonds is 5. The van der Waals surface area contributed by atoms with Gasteiger partial charge in [0.25, 0.3) is 0 Å². The van der Waals surface area contributed by atoms with Crippen LogP contribution in [0, 0.1) is 13.8 Å². The third kappa shape index (κ3) is 4.22. The van der Waals surface area contributed by atoms with Gasteiger partial charge in [-0.05, 0) is 50.5 Å². The number of nitrogens with zero attached hydrogens (tertiary/aromatic N) is 6. The Bertz CT molecular complexity index is 1090. The number of anilines is 2. The topological polar surface area (TPSA) is 88.8 Å². The molecular formula is C22H25N7O. The molecule has 4 heterocycles. The first kappa shape index (κ1) is 19.8. The molecule has 1 fully saturated rings. The van der Waals surface area contributed by atoms with Gasteiger partial charge in [0.2, 0.25) is 5.91 Å². The molecule has 1 N–H and O–H groups in total. The van der Waals surface area contributed by atoms with Crippen LogP contribution in [-0.2, 0) is 11.8 Å². The molecule has 0 aliphatic carbocycles. The summed E-state index contributed by atoms with van der Waals surface area (Å²) in [6.45, 7) is 4.57. The van der Waals surface area contributed by atoms with Crippen molar-refractivity contribution in [2.24, 2.45) is 7.05 Å². The molecule has 4 rings (SSSR count). The number of aryl methyl sites for hydroxylation is 3. The monoisotopic (exact) mass is 403 g/mol. The zero-order valence-corrected chi connectivity index (χ0v) is 17.4. The van der Waals surface area contributed by atoms with Gasteiger partial charge in [0.15, 0.2) is 0 Å². The first-order chi connectivity index (χ1) is 14.5. The molecule has 1 amide bonds. The summed E-state index contributed by atoms with van der Waals surface area (Å²) in [5.74, 6) is 2.09. The van der Waals surface area contributed by atoms with E-state index in [9.17, 15) is 4.79 Å². The molecule has 0 unspecified atom stereocenters. The van der Waals surface area contributed by atoms with Crippen LogP contribution >= 0.6 is 0 Å². The molecule has 8 nitrogen and oxygen atoms in total. The lowest BCUT2D eigenvalue weighted by Crippen LogP contribution is -2.29. The summed E-state index contributed by atoms with van der Waals surface area (Å²) in [4.78, 5) is 28.3. The molecule has 0 radical (unpaired) electrons. The van der Waals surface area contributed by atoms with Gasteiger partial charge in [-0.1, -0.05) is 6.07 Å². The fourth-order valence-electron chi connectivity index (χ4n) is 3.70. The Balaban J connectivity index is 1.55. The predicted octanol–water partition coefficient (Wildman–Crippen LogP) is 3.34. The molecule has 3 aromatic heterocycles. The molecule has 1 atom stereocenters. The van der Waals surface area contributed by atoms with Gasteiger partial charge in [0, 0.05) is 38.1 Å². The second-order valence-corrected chi connectivity index (χ2v) is 7.42. The van der Waals surface area contributed by atoms with Gasteiger partial charge in [-0.25, -0.2) is 15.0 Å². The number of carbonyl (C=O) groups excluding carboxylic acids is 1. The lowest BCUT2D eigenvalue weighted by atomic mass is 10.1. The van der Waals surface area contributed by atoms with Crippen LogP contribution in [0.2, 0.25) is 0 Å². The molecule has 0 spiro atoms. The van der Waals surface area contributed by atoms with Gasteiger partial charge in [0.05, 0.1) is 17.4 Å². The molecular weight excluding hydrogens is 378 g/mol. The lowest BCUT2D eigenvalue weighted by Gasteiger charge is -2.23. The average Bonchev–Trinajstić information content (AvgIpc) is 3.37. The van der Waals surface area contributed by atoms with Crippen LogP contribution in [0.25, 0.3) is 6.08 Å². The van der Waals surface area contributed by atoms with Crippen LogP contribution < -0.4 is 5.32 Å². The zero-order valence-electron chi connectivity index (χ0n) is 17.4. The second kappa shape index (κ2) is 8.44. The minimum Gasteiger partial charge on any atom is -0.331 e. The third-order valence-electron chi connectivity index (χ3n) is 5.25. The second-order valence-electron chi connectivity index (χ2n) is 7.42. The summed E-state index contributed by atoms with van der Waals surface area (Å²) in [5.41, 5.74) is 2.76. The Morgan fingerprint density at radius 1 is 1.23 bits per heavy atom. The van der Waals surface area contributed by atoms with Crippen LogP contribution in [0.1, 0.15) is 41.7 Å². The summed E-state index contributed by atoms with van der Waals surface area (Å²) >= 11 is 0. The molecule has 30 heavy (non-hydrogen) atoms. The number of hydrogen-bond acceptors (Lipinski definition) is 6. The molecule has 1 saturated heterocycles. The molecule has 0 aromatic carbocycles. The van der Waals surface area contributed by atoms with E-state index < -0.39 is 0 Å². The standard InChI is InChI=1S/C22H25N7O/c1-15-6-4-11-23-22(15)27-20-14-18(25-16(2)26-20)19-7-5-13-29(19)21(30)9-8-17-10-12-24-28(17)3/h4,6,8-12,14,19H,5,7,13H2,1-3H3,(H,23,25,26,27)/b9-8+/t19-/m0/s1. The van der Waals surface area contributed by atoms with Crippen molar-refractivity contribution in [3.8, 4) is 0 Å². The van der Waals surface area contributed by atoms with Crippen LogP contribution in [0.3, 0.4) is 0 Å². The Morgan fingerprint density at radius 2 is 2.10 bits per heavy atom. The Hall–Kier alpha value is -3.55. The molecule has 0 saturated carbocycles. The van der Waals surface area contributed by atoms with Crippen molar-refractivity contribution in [2.75, 3.05) is 11.9 Å². The Labute approximate surface area is 175 Å². The van der Waals surface area contributed by atoms with Gasteiger partial charge in [-0.15, -0.1) is 0 Å². The maximum atomic E-state index is 12.9. The number of carbonyl (C=O) groups is 1. The van der Waals surface area contributed by atoms with E-state index in [2.05, 4.69) is 25.4 Å². The minimum absolute atomic E-state index is 0.0231. The fourth-order valence-corrected chi connectivity index (χ4v) is 3.70. The highest BCUT2D eigenvalue weighted by molar-refractivity contribution is 5.92. The first-order valence-corrected chi connectivity index (χ1v) is 10.0. The van der Waals surface area contributed by atoms with E-state index in [0.717, 1.165) is 35.6 Å². The molecule has 8 heteroatoms. The van der Waals surface area contributed by atoms with Crippen LogP contribution in [0.4, 0.5) is 11.6 Å². The van der Waals surface area contributed by atoms with Gasteiger partial charge in [0.1, 0.15) is 17.5 Å². The van der Waals surface area contributed by atoms with Crippen LogP contribution in [0.15, 0.2) is 42.7 Å². The van der Waals surface area contributed by atoms with Crippen molar-refractivity contribution < 1.29 is 4.79 Å². The molecule has 1 aliphatic heterocycles. The SMILES string of the molecule is Cc1nc(Nc2ncccc2C)cc([C@@H]2CCCN2C(=O)/C=C/c2ccnn2C)n1. The van der Waals surface area contributed by atoms with Crippen LogP contribution in [-0.4, -0.2) is 42.1 Å². The molecule has 1 aliphatic rings. The van der Waals surface area contributed by atoms with E-state index in [0.29, 0.717) is 18.2 Å². The zero-order chi connectivity index (χ0) is 21.1. The number of aromatic nitrogens is 5. The van der Waals surface area contributed by atoms with Crippen molar-refractivity contribution >= 4 is 23.6 Å². The maximum Gasteiger partial charge on any atom is 0.247 e. The fraction of sp³-hybridized carbons (Fsp3) is 0.318. The quantitative estimate of drug-likeness (QED) is 0.657. The van der Waals surface area contributed by atoms with Gasteiger partial charge >= 0.3 is 0 Å². The Kier molecular flexibility index (Phi) is 5.56.